The van der Waals surface area contributed by atoms with Crippen LogP contribution in [0, 0.1) is 0 Å². The van der Waals surface area contributed by atoms with Crippen LogP contribution in [0.2, 0.25) is 0 Å². The number of hydrogen-bond donors (Lipinski definition) is 0. The minimum atomic E-state index is 0.774. The molecular formula is C40H22O3. The van der Waals surface area contributed by atoms with Crippen LogP contribution in [0.4, 0.5) is 0 Å². The predicted octanol–water partition coefficient (Wildman–Crippen LogP) is 11.9. The van der Waals surface area contributed by atoms with Gasteiger partial charge in [-0.05, 0) is 80.2 Å². The molecule has 3 heteroatoms. The Morgan fingerprint density at radius 2 is 0.907 bits per heavy atom. The van der Waals surface area contributed by atoms with E-state index in [1.165, 1.54) is 32.7 Å². The second kappa shape index (κ2) is 8.37. The Labute approximate surface area is 245 Å². The van der Waals surface area contributed by atoms with Gasteiger partial charge in [0, 0.05) is 26.9 Å². The fourth-order valence-corrected chi connectivity index (χ4v) is 7.11. The van der Waals surface area contributed by atoms with Crippen LogP contribution in [0.25, 0.3) is 98.6 Å². The summed E-state index contributed by atoms with van der Waals surface area (Å²) in [5.41, 5.74) is 8.89. The third-order valence-corrected chi connectivity index (χ3v) is 8.95. The first-order chi connectivity index (χ1) is 21.3. The van der Waals surface area contributed by atoms with E-state index in [9.17, 15) is 0 Å². The number of rotatable bonds is 2. The summed E-state index contributed by atoms with van der Waals surface area (Å²) in [6.07, 6.45) is 1.77. The summed E-state index contributed by atoms with van der Waals surface area (Å²) in [5.74, 6) is 0. The molecule has 3 aromatic heterocycles. The molecule has 0 N–H and O–H groups in total. The van der Waals surface area contributed by atoms with Crippen molar-refractivity contribution in [2.45, 2.75) is 0 Å². The highest BCUT2D eigenvalue weighted by Crippen LogP contribution is 2.48. The number of hydrogen-bond acceptors (Lipinski definition) is 3. The smallest absolute Gasteiger partial charge is 0.178 e. The highest BCUT2D eigenvalue weighted by molar-refractivity contribution is 6.26. The van der Waals surface area contributed by atoms with E-state index >= 15 is 0 Å². The van der Waals surface area contributed by atoms with Crippen LogP contribution >= 0.6 is 0 Å². The Morgan fingerprint density at radius 3 is 1.60 bits per heavy atom. The topological polar surface area (TPSA) is 39.4 Å². The Bertz CT molecular complexity index is 2680. The zero-order valence-electron chi connectivity index (χ0n) is 22.9. The lowest BCUT2D eigenvalue weighted by Gasteiger charge is -2.18. The van der Waals surface area contributed by atoms with Gasteiger partial charge in [-0.15, -0.1) is 0 Å². The van der Waals surface area contributed by atoms with E-state index in [2.05, 4.69) is 103 Å². The average molecular weight is 551 g/mol. The van der Waals surface area contributed by atoms with Gasteiger partial charge in [-0.1, -0.05) is 91.0 Å². The molecule has 0 bridgehead atoms. The number of furan rings is 3. The Hall–Kier alpha value is -5.80. The average Bonchev–Trinajstić information content (AvgIpc) is 3.78. The molecular weight excluding hydrogens is 528 g/mol. The van der Waals surface area contributed by atoms with E-state index in [1.54, 1.807) is 6.26 Å². The van der Waals surface area contributed by atoms with Crippen LogP contribution in [0.5, 0.6) is 0 Å². The Balaban J connectivity index is 1.34. The molecule has 0 saturated heterocycles. The summed E-state index contributed by atoms with van der Waals surface area (Å²) in [6, 6.07) is 44.9. The fourth-order valence-electron chi connectivity index (χ4n) is 7.11. The highest BCUT2D eigenvalue weighted by atomic mass is 16.4. The molecule has 0 unspecified atom stereocenters. The van der Waals surface area contributed by atoms with Crippen molar-refractivity contribution in [3.63, 3.8) is 0 Å². The normalized spacial score (nSPS) is 12.2. The molecule has 0 fully saturated rings. The lowest BCUT2D eigenvalue weighted by Crippen LogP contribution is -1.91. The molecule has 3 heterocycles. The zero-order chi connectivity index (χ0) is 28.1. The van der Waals surface area contributed by atoms with E-state index in [4.69, 9.17) is 13.3 Å². The largest absolute Gasteiger partial charge is 0.460 e. The zero-order valence-corrected chi connectivity index (χ0v) is 22.9. The maximum absolute atomic E-state index is 6.32. The summed E-state index contributed by atoms with van der Waals surface area (Å²) in [4.78, 5) is 0. The lowest BCUT2D eigenvalue weighted by atomic mass is 9.85. The molecule has 0 radical (unpaired) electrons. The summed E-state index contributed by atoms with van der Waals surface area (Å²) >= 11 is 0. The monoisotopic (exact) mass is 550 g/mol. The van der Waals surface area contributed by atoms with Gasteiger partial charge in [-0.25, -0.2) is 0 Å². The van der Waals surface area contributed by atoms with Gasteiger partial charge in [0.15, 0.2) is 11.2 Å². The van der Waals surface area contributed by atoms with Crippen LogP contribution in [-0.2, 0) is 0 Å². The summed E-state index contributed by atoms with van der Waals surface area (Å²) in [7, 11) is 0. The van der Waals surface area contributed by atoms with Gasteiger partial charge in [-0.2, -0.15) is 0 Å². The second-order valence-corrected chi connectivity index (χ2v) is 11.2. The van der Waals surface area contributed by atoms with Crippen molar-refractivity contribution in [2.75, 3.05) is 0 Å². The number of para-hydroxylation sites is 2. The van der Waals surface area contributed by atoms with Crippen LogP contribution in [0.1, 0.15) is 0 Å². The fraction of sp³-hybridized carbons (Fsp3) is 0. The summed E-state index contributed by atoms with van der Waals surface area (Å²) < 4.78 is 18.7. The van der Waals surface area contributed by atoms with Gasteiger partial charge in [0.2, 0.25) is 0 Å². The van der Waals surface area contributed by atoms with Crippen molar-refractivity contribution in [1.29, 1.82) is 0 Å². The van der Waals surface area contributed by atoms with Crippen molar-refractivity contribution in [3.05, 3.63) is 134 Å². The lowest BCUT2D eigenvalue weighted by molar-refractivity contribution is 0.600. The van der Waals surface area contributed by atoms with Gasteiger partial charge in [0.25, 0.3) is 0 Å². The summed E-state index contributed by atoms with van der Waals surface area (Å²) in [5, 5.41) is 10.2. The second-order valence-electron chi connectivity index (χ2n) is 11.2. The van der Waals surface area contributed by atoms with Gasteiger partial charge in [0.05, 0.1) is 6.26 Å². The van der Waals surface area contributed by atoms with Gasteiger partial charge < -0.3 is 13.3 Å². The van der Waals surface area contributed by atoms with Crippen LogP contribution in [-0.4, -0.2) is 0 Å². The van der Waals surface area contributed by atoms with Crippen molar-refractivity contribution in [2.24, 2.45) is 0 Å². The van der Waals surface area contributed by atoms with Crippen molar-refractivity contribution < 1.29 is 13.3 Å². The first-order valence-electron chi connectivity index (χ1n) is 14.5. The molecule has 0 aliphatic heterocycles. The molecule has 0 aliphatic carbocycles. The number of benzene rings is 7. The third kappa shape index (κ3) is 3.08. The van der Waals surface area contributed by atoms with Crippen molar-refractivity contribution in [3.8, 4) is 22.3 Å². The molecule has 0 spiro atoms. The Kier molecular flexibility index (Phi) is 4.45. The molecule has 43 heavy (non-hydrogen) atoms. The molecule has 10 aromatic rings. The maximum atomic E-state index is 6.32. The standard InChI is InChI=1S/C40H22O3/c1-3-13-29-27(11-1)37(23-17-18-26-24-9-5-7-15-34(24)42-36(26)21-23)28-12-2-4-14-30(28)38(29)32-22-33-25-10-6-8-16-35(25)43-40(33)39-31(32)19-20-41-39/h1-22H. The van der Waals surface area contributed by atoms with Crippen molar-refractivity contribution >= 4 is 76.4 Å². The molecule has 7 aromatic carbocycles. The highest BCUT2D eigenvalue weighted by Gasteiger charge is 2.22. The first kappa shape index (κ1) is 22.8. The quantitative estimate of drug-likeness (QED) is 0.201. The summed E-state index contributed by atoms with van der Waals surface area (Å²) in [6.45, 7) is 0. The Morgan fingerprint density at radius 1 is 0.349 bits per heavy atom. The van der Waals surface area contributed by atoms with Crippen molar-refractivity contribution in [1.82, 2.24) is 0 Å². The molecule has 10 rings (SSSR count). The van der Waals surface area contributed by atoms with Gasteiger partial charge in [0.1, 0.15) is 16.7 Å². The van der Waals surface area contributed by atoms with E-state index in [1.807, 2.05) is 24.3 Å². The van der Waals surface area contributed by atoms with Crippen LogP contribution in [0.15, 0.2) is 147 Å². The molecule has 3 nitrogen and oxygen atoms in total. The van der Waals surface area contributed by atoms with E-state index in [0.29, 0.717) is 0 Å². The SMILES string of the molecule is c1ccc2c(c1)oc1cc(-c3c4ccccc4c(-c4cc5c6ccccc6oc5c5occc45)c4ccccc34)ccc12. The van der Waals surface area contributed by atoms with Crippen LogP contribution in [0.3, 0.4) is 0 Å². The van der Waals surface area contributed by atoms with Gasteiger partial charge in [-0.3, -0.25) is 0 Å². The maximum Gasteiger partial charge on any atom is 0.178 e. The molecule has 0 aliphatic rings. The van der Waals surface area contributed by atoms with E-state index in [0.717, 1.165) is 66.0 Å². The predicted molar refractivity (Wildman–Crippen MR) is 177 cm³/mol. The minimum absolute atomic E-state index is 0.774. The molecule has 0 saturated carbocycles. The molecule has 0 atom stereocenters. The molecule has 0 amide bonds. The van der Waals surface area contributed by atoms with Crippen LogP contribution < -0.4 is 0 Å². The first-order valence-corrected chi connectivity index (χ1v) is 14.5. The number of fused-ring (bicyclic) bond motifs is 10. The van der Waals surface area contributed by atoms with E-state index < -0.39 is 0 Å². The van der Waals surface area contributed by atoms with E-state index in [-0.39, 0.29) is 0 Å². The van der Waals surface area contributed by atoms with Gasteiger partial charge >= 0.3 is 0 Å². The molecule has 200 valence electrons. The third-order valence-electron chi connectivity index (χ3n) is 8.95. The minimum Gasteiger partial charge on any atom is -0.460 e.